The molecule has 0 aliphatic rings. The summed E-state index contributed by atoms with van der Waals surface area (Å²) in [5, 5.41) is 19.3. The number of rotatable bonds is 12. The van der Waals surface area contributed by atoms with Crippen molar-refractivity contribution >= 4 is 87.4 Å². The Morgan fingerprint density at radius 3 is 1.96 bits per heavy atom. The molecule has 56 heavy (non-hydrogen) atoms. The molecule has 0 bridgehead atoms. The van der Waals surface area contributed by atoms with Crippen LogP contribution in [0.1, 0.15) is 18.1 Å². The van der Waals surface area contributed by atoms with Crippen LogP contribution in [-0.4, -0.2) is 78.7 Å². The Morgan fingerprint density at radius 1 is 0.750 bits per heavy atom. The molecular weight excluding hydrogens is 793 g/mol. The highest BCUT2D eigenvalue weighted by Crippen LogP contribution is 2.31. The fourth-order valence-corrected chi connectivity index (χ4v) is 7.69. The van der Waals surface area contributed by atoms with Gasteiger partial charge in [0, 0.05) is 10.8 Å². The first kappa shape index (κ1) is 39.5. The van der Waals surface area contributed by atoms with Crippen molar-refractivity contribution in [2.24, 2.45) is 10.2 Å². The first-order chi connectivity index (χ1) is 26.3. The van der Waals surface area contributed by atoms with E-state index >= 15 is 0 Å². The minimum atomic E-state index is -4.96. The van der Waals surface area contributed by atoms with Gasteiger partial charge in [-0.25, -0.2) is 0 Å². The van der Waals surface area contributed by atoms with Gasteiger partial charge in [-0.2, -0.15) is 40.3 Å². The third-order valence-electron chi connectivity index (χ3n) is 8.14. The minimum Gasteiger partial charge on any atom is -0.495 e. The van der Waals surface area contributed by atoms with Gasteiger partial charge in [-0.3, -0.25) is 23.2 Å². The summed E-state index contributed by atoms with van der Waals surface area (Å²) in [4.78, 5) is 24.4. The van der Waals surface area contributed by atoms with Crippen molar-refractivity contribution in [3.63, 3.8) is 0 Å². The maximum absolute atomic E-state index is 12.9. The SMILES string of the molecule is COc1ccccc1NC(=O)C(N=Nc1ccc(C=Cc2ccc(-n3nc4cc(S(=O)(=O)O)c5ccccc5c4n3)cc2S(=O)(=O)O)c(S(=O)(=O)O)c1)C(C)=O. The van der Waals surface area contributed by atoms with Gasteiger partial charge in [0.15, 0.2) is 5.78 Å². The number of para-hydroxylation sites is 2. The van der Waals surface area contributed by atoms with Crippen LogP contribution in [-0.2, 0) is 39.9 Å². The maximum Gasteiger partial charge on any atom is 0.295 e. The Labute approximate surface area is 318 Å². The number of ketones is 1. The van der Waals surface area contributed by atoms with Crippen molar-refractivity contribution in [3.8, 4) is 11.4 Å². The standard InChI is InChI=1S/C35H28N6O12S3/c1-20(42)33(35(43)36-27-9-5-6-10-29(27)53-2)38-37-23-15-13-21(30(17-23)54(44,45)46)11-12-22-14-16-24(18-31(22)55(47,48)49)41-39-28-19-32(56(50,51)52)25-7-3-4-8-26(25)34(28)40-41/h3-19,33H,1-2H3,(H,36,43)(H,44,45,46)(H,47,48,49)(H,50,51,52). The minimum absolute atomic E-state index is 0.0113. The smallest absolute Gasteiger partial charge is 0.295 e. The number of hydrogen-bond donors (Lipinski definition) is 4. The topological polar surface area (TPSA) is 274 Å². The molecule has 0 aliphatic heterocycles. The molecule has 0 aliphatic carbocycles. The zero-order valence-corrected chi connectivity index (χ0v) is 31.3. The molecule has 1 unspecified atom stereocenters. The largest absolute Gasteiger partial charge is 0.495 e. The number of hydrogen-bond acceptors (Lipinski definition) is 13. The number of nitrogens with one attached hydrogen (secondary N) is 1. The second kappa shape index (κ2) is 15.1. The van der Waals surface area contributed by atoms with Crippen molar-refractivity contribution in [2.75, 3.05) is 12.4 Å². The van der Waals surface area contributed by atoms with Crippen LogP contribution in [0.3, 0.4) is 0 Å². The zero-order chi connectivity index (χ0) is 40.6. The average Bonchev–Trinajstić information content (AvgIpc) is 3.58. The van der Waals surface area contributed by atoms with Crippen LogP contribution in [0.25, 0.3) is 39.6 Å². The van der Waals surface area contributed by atoms with Gasteiger partial charge in [0.25, 0.3) is 36.3 Å². The highest BCUT2D eigenvalue weighted by Gasteiger charge is 2.25. The second-order valence-electron chi connectivity index (χ2n) is 11.9. The van der Waals surface area contributed by atoms with Gasteiger partial charge in [0.05, 0.1) is 24.2 Å². The highest BCUT2D eigenvalue weighted by atomic mass is 32.2. The number of aromatic nitrogens is 3. The van der Waals surface area contributed by atoms with Gasteiger partial charge in [-0.05, 0) is 60.5 Å². The number of carbonyl (C=O) groups is 2. The molecule has 4 N–H and O–H groups in total. The predicted molar refractivity (Wildman–Crippen MR) is 202 cm³/mol. The Hall–Kier alpha value is -6.23. The molecule has 21 heteroatoms. The molecule has 6 aromatic rings. The number of azo groups is 1. The summed E-state index contributed by atoms with van der Waals surface area (Å²) in [7, 11) is -13.2. The molecule has 0 radical (unpaired) electrons. The van der Waals surface area contributed by atoms with E-state index in [-0.39, 0.29) is 44.6 Å². The van der Waals surface area contributed by atoms with E-state index in [1.807, 2.05) is 0 Å². The van der Waals surface area contributed by atoms with E-state index in [1.54, 1.807) is 36.4 Å². The second-order valence-corrected chi connectivity index (χ2v) is 16.1. The predicted octanol–water partition coefficient (Wildman–Crippen LogP) is 5.17. The van der Waals surface area contributed by atoms with Gasteiger partial charge in [-0.15, -0.1) is 10.2 Å². The molecule has 5 aromatic carbocycles. The summed E-state index contributed by atoms with van der Waals surface area (Å²) < 4.78 is 109. The van der Waals surface area contributed by atoms with Crippen LogP contribution < -0.4 is 10.1 Å². The molecule has 0 saturated heterocycles. The van der Waals surface area contributed by atoms with Gasteiger partial charge in [0.2, 0.25) is 6.04 Å². The number of carbonyl (C=O) groups excluding carboxylic acids is 2. The van der Waals surface area contributed by atoms with Crippen molar-refractivity contribution in [3.05, 3.63) is 102 Å². The number of nitrogens with zero attached hydrogens (tertiary/aromatic N) is 5. The van der Waals surface area contributed by atoms with E-state index in [0.717, 1.165) is 42.1 Å². The van der Waals surface area contributed by atoms with Crippen molar-refractivity contribution < 1.29 is 53.2 Å². The number of ether oxygens (including phenoxy) is 1. The molecule has 6 rings (SSSR count). The molecule has 1 atom stereocenters. The number of methoxy groups -OCH3 is 1. The van der Waals surface area contributed by atoms with E-state index in [1.165, 1.54) is 43.5 Å². The van der Waals surface area contributed by atoms with Gasteiger partial charge >= 0.3 is 0 Å². The summed E-state index contributed by atoms with van der Waals surface area (Å²) in [6.45, 7) is 1.11. The van der Waals surface area contributed by atoms with E-state index in [9.17, 15) is 48.5 Å². The lowest BCUT2D eigenvalue weighted by Gasteiger charge is -2.12. The monoisotopic (exact) mass is 820 g/mol. The van der Waals surface area contributed by atoms with Gasteiger partial charge in [-0.1, -0.05) is 60.7 Å². The van der Waals surface area contributed by atoms with Gasteiger partial charge < -0.3 is 10.1 Å². The third-order valence-corrected chi connectivity index (χ3v) is 10.9. The number of anilines is 1. The Balaban J connectivity index is 1.33. The molecule has 18 nitrogen and oxygen atoms in total. The summed E-state index contributed by atoms with van der Waals surface area (Å²) in [5.74, 6) is -1.22. The lowest BCUT2D eigenvalue weighted by molar-refractivity contribution is -0.126. The van der Waals surface area contributed by atoms with Crippen LogP contribution in [0.5, 0.6) is 5.75 Å². The van der Waals surface area contributed by atoms with E-state index < -0.39 is 62.8 Å². The normalized spacial score (nSPS) is 13.1. The summed E-state index contributed by atoms with van der Waals surface area (Å²) in [6.07, 6.45) is 2.28. The third kappa shape index (κ3) is 8.36. The Morgan fingerprint density at radius 2 is 1.34 bits per heavy atom. The first-order valence-corrected chi connectivity index (χ1v) is 20.2. The summed E-state index contributed by atoms with van der Waals surface area (Å²) >= 11 is 0. The number of Topliss-reactive ketones (excluding diaryl/α,β-unsaturated/α-hetero) is 1. The van der Waals surface area contributed by atoms with Crippen LogP contribution in [0.2, 0.25) is 0 Å². The average molecular weight is 821 g/mol. The molecule has 0 spiro atoms. The van der Waals surface area contributed by atoms with E-state index in [2.05, 4.69) is 25.7 Å². The van der Waals surface area contributed by atoms with Crippen molar-refractivity contribution in [1.82, 2.24) is 15.0 Å². The van der Waals surface area contributed by atoms with Crippen molar-refractivity contribution in [1.29, 1.82) is 0 Å². The van der Waals surface area contributed by atoms with Crippen molar-refractivity contribution in [2.45, 2.75) is 27.7 Å². The Bertz CT molecular complexity index is 2980. The fraction of sp³-hybridized carbons (Fsp3) is 0.0857. The molecule has 0 saturated carbocycles. The number of fused-ring (bicyclic) bond motifs is 3. The Kier molecular flexibility index (Phi) is 10.7. The summed E-state index contributed by atoms with van der Waals surface area (Å²) in [5.41, 5.74) is 0.0661. The number of benzene rings is 5. The van der Waals surface area contributed by atoms with E-state index in [4.69, 9.17) is 4.74 Å². The molecule has 1 amide bonds. The molecule has 0 fully saturated rings. The fourth-order valence-electron chi connectivity index (χ4n) is 5.57. The van der Waals surface area contributed by atoms with Crippen LogP contribution in [0, 0.1) is 0 Å². The lowest BCUT2D eigenvalue weighted by Crippen LogP contribution is -2.31. The molecule has 288 valence electrons. The quantitative estimate of drug-likeness (QED) is 0.0537. The van der Waals surface area contributed by atoms with Crippen LogP contribution in [0.15, 0.2) is 116 Å². The maximum atomic E-state index is 12.9. The zero-order valence-electron chi connectivity index (χ0n) is 28.9. The van der Waals surface area contributed by atoms with E-state index in [0.29, 0.717) is 11.1 Å². The van der Waals surface area contributed by atoms with Gasteiger partial charge in [0.1, 0.15) is 31.5 Å². The lowest BCUT2D eigenvalue weighted by atomic mass is 10.1. The highest BCUT2D eigenvalue weighted by molar-refractivity contribution is 7.86. The first-order valence-electron chi connectivity index (χ1n) is 15.9. The molecule has 1 aromatic heterocycles. The summed E-state index contributed by atoms with van der Waals surface area (Å²) in [6, 6.07) is 19.1. The molecule has 1 heterocycles. The molecular formula is C35H28N6O12S3. The van der Waals surface area contributed by atoms with Crippen LogP contribution in [0.4, 0.5) is 11.4 Å². The number of amides is 1. The van der Waals surface area contributed by atoms with Crippen LogP contribution >= 0.6 is 0 Å².